The zero-order chi connectivity index (χ0) is 19.4. The minimum atomic E-state index is -0.253. The number of hydrogen-bond acceptors (Lipinski definition) is 4. The molecule has 2 saturated heterocycles. The van der Waals surface area contributed by atoms with Gasteiger partial charge in [0.25, 0.3) is 5.91 Å². The predicted molar refractivity (Wildman–Crippen MR) is 102 cm³/mol. The molecular weight excluding hydrogens is 361 g/mol. The average Bonchev–Trinajstić information content (AvgIpc) is 3.25. The van der Waals surface area contributed by atoms with Crippen LogP contribution in [0.3, 0.4) is 0 Å². The van der Waals surface area contributed by atoms with Gasteiger partial charge in [-0.3, -0.25) is 4.79 Å². The Morgan fingerprint density at radius 1 is 1.21 bits per heavy atom. The van der Waals surface area contributed by atoms with Crippen molar-refractivity contribution in [2.45, 2.75) is 37.7 Å². The second-order valence-corrected chi connectivity index (χ2v) is 7.79. The van der Waals surface area contributed by atoms with Crippen molar-refractivity contribution in [1.82, 2.24) is 4.90 Å². The summed E-state index contributed by atoms with van der Waals surface area (Å²) < 4.78 is 29.9. The molecule has 4 rings (SSSR count). The van der Waals surface area contributed by atoms with Crippen molar-refractivity contribution in [2.24, 2.45) is 5.92 Å². The smallest absolute Gasteiger partial charge is 0.257 e. The summed E-state index contributed by atoms with van der Waals surface area (Å²) in [4.78, 5) is 14.4. The van der Waals surface area contributed by atoms with Crippen LogP contribution in [-0.2, 0) is 4.74 Å². The second-order valence-electron chi connectivity index (χ2n) is 7.79. The van der Waals surface area contributed by atoms with Crippen LogP contribution in [-0.4, -0.2) is 42.7 Å². The first-order valence-electron chi connectivity index (χ1n) is 9.97. The van der Waals surface area contributed by atoms with E-state index in [0.717, 1.165) is 38.7 Å². The highest BCUT2D eigenvalue weighted by molar-refractivity contribution is 5.93. The number of furan rings is 1. The van der Waals surface area contributed by atoms with Gasteiger partial charge >= 0.3 is 0 Å². The van der Waals surface area contributed by atoms with Crippen LogP contribution in [0, 0.1) is 11.7 Å². The van der Waals surface area contributed by atoms with E-state index in [1.807, 2.05) is 4.90 Å². The molecule has 1 spiro atoms. The van der Waals surface area contributed by atoms with Crippen molar-refractivity contribution < 1.29 is 23.1 Å². The van der Waals surface area contributed by atoms with E-state index in [1.165, 1.54) is 24.7 Å². The lowest BCUT2D eigenvalue weighted by Gasteiger charge is -2.46. The number of halogens is 1. The van der Waals surface area contributed by atoms with E-state index in [4.69, 9.17) is 13.9 Å². The third-order valence-corrected chi connectivity index (χ3v) is 5.93. The molecule has 2 aliphatic rings. The SMILES string of the molecule is O=C(c1ccoc1)N1CCC2(CC1)CC(CCOc1ccc(F)cc1)CCO2. The van der Waals surface area contributed by atoms with Crippen LogP contribution in [0.1, 0.15) is 42.5 Å². The van der Waals surface area contributed by atoms with Gasteiger partial charge in [0.15, 0.2) is 0 Å². The molecule has 1 amide bonds. The highest BCUT2D eigenvalue weighted by Gasteiger charge is 2.41. The minimum Gasteiger partial charge on any atom is -0.494 e. The van der Waals surface area contributed by atoms with Crippen LogP contribution in [0.4, 0.5) is 4.39 Å². The van der Waals surface area contributed by atoms with Crippen LogP contribution in [0.5, 0.6) is 5.75 Å². The summed E-state index contributed by atoms with van der Waals surface area (Å²) in [5, 5.41) is 0. The van der Waals surface area contributed by atoms with Crippen molar-refractivity contribution in [1.29, 1.82) is 0 Å². The summed E-state index contributed by atoms with van der Waals surface area (Å²) in [6.07, 6.45) is 7.76. The number of hydrogen-bond donors (Lipinski definition) is 0. The monoisotopic (exact) mass is 387 g/mol. The van der Waals surface area contributed by atoms with E-state index < -0.39 is 0 Å². The van der Waals surface area contributed by atoms with E-state index in [-0.39, 0.29) is 17.3 Å². The van der Waals surface area contributed by atoms with Crippen LogP contribution >= 0.6 is 0 Å². The molecule has 3 heterocycles. The number of likely N-dealkylation sites (tertiary alicyclic amines) is 1. The van der Waals surface area contributed by atoms with Gasteiger partial charge < -0.3 is 18.8 Å². The first-order valence-corrected chi connectivity index (χ1v) is 9.97. The van der Waals surface area contributed by atoms with Gasteiger partial charge in [0.1, 0.15) is 17.8 Å². The maximum absolute atomic E-state index is 13.0. The number of benzene rings is 1. The molecule has 0 N–H and O–H groups in total. The Hall–Kier alpha value is -2.34. The fourth-order valence-electron chi connectivity index (χ4n) is 4.28. The maximum Gasteiger partial charge on any atom is 0.257 e. The van der Waals surface area contributed by atoms with Gasteiger partial charge in [0.05, 0.1) is 24.0 Å². The number of ether oxygens (including phenoxy) is 2. The Labute approximate surface area is 164 Å². The fourth-order valence-corrected chi connectivity index (χ4v) is 4.28. The summed E-state index contributed by atoms with van der Waals surface area (Å²) in [5.41, 5.74) is 0.489. The molecule has 1 unspecified atom stereocenters. The predicted octanol–water partition coefficient (Wildman–Crippen LogP) is 4.29. The van der Waals surface area contributed by atoms with Crippen molar-refractivity contribution in [3.8, 4) is 5.75 Å². The average molecular weight is 387 g/mol. The van der Waals surface area contributed by atoms with E-state index in [2.05, 4.69) is 0 Å². The van der Waals surface area contributed by atoms with Gasteiger partial charge in [0.2, 0.25) is 0 Å². The quantitative estimate of drug-likeness (QED) is 0.768. The molecule has 2 aliphatic heterocycles. The largest absolute Gasteiger partial charge is 0.494 e. The van der Waals surface area contributed by atoms with Crippen molar-refractivity contribution in [2.75, 3.05) is 26.3 Å². The van der Waals surface area contributed by atoms with Gasteiger partial charge in [0, 0.05) is 19.7 Å². The van der Waals surface area contributed by atoms with Gasteiger partial charge in [-0.2, -0.15) is 0 Å². The topological polar surface area (TPSA) is 51.9 Å². The highest BCUT2D eigenvalue weighted by Crippen LogP contribution is 2.39. The Balaban J connectivity index is 1.25. The molecule has 1 atom stereocenters. The third-order valence-electron chi connectivity index (χ3n) is 5.93. The number of piperidine rings is 1. The normalized spacial score (nSPS) is 21.6. The molecule has 0 bridgehead atoms. The summed E-state index contributed by atoms with van der Waals surface area (Å²) in [7, 11) is 0. The van der Waals surface area contributed by atoms with Crippen LogP contribution in [0.2, 0.25) is 0 Å². The standard InChI is InChI=1S/C22H26FNO4/c23-19-1-3-20(4-2-19)27-13-5-17-6-14-28-22(15-17)8-10-24(11-9-22)21(25)18-7-12-26-16-18/h1-4,7,12,16-17H,5-6,8-11,13-15H2. The van der Waals surface area contributed by atoms with Crippen LogP contribution in [0.25, 0.3) is 0 Å². The Morgan fingerprint density at radius 2 is 2.00 bits per heavy atom. The molecule has 5 nitrogen and oxygen atoms in total. The first kappa shape index (κ1) is 19.0. The van der Waals surface area contributed by atoms with Crippen molar-refractivity contribution in [3.05, 3.63) is 54.2 Å². The van der Waals surface area contributed by atoms with E-state index >= 15 is 0 Å². The molecule has 0 radical (unpaired) electrons. The van der Waals surface area contributed by atoms with E-state index in [9.17, 15) is 9.18 Å². The van der Waals surface area contributed by atoms with Crippen molar-refractivity contribution >= 4 is 5.91 Å². The number of carbonyl (C=O) groups is 1. The lowest BCUT2D eigenvalue weighted by Crippen LogP contribution is -2.50. The number of amides is 1. The number of carbonyl (C=O) groups excluding carboxylic acids is 1. The first-order chi connectivity index (χ1) is 13.6. The van der Waals surface area contributed by atoms with Gasteiger partial charge in [-0.15, -0.1) is 0 Å². The molecule has 0 aliphatic carbocycles. The third kappa shape index (κ3) is 4.38. The fraction of sp³-hybridized carbons (Fsp3) is 0.500. The Bertz CT molecular complexity index is 766. The molecule has 2 fully saturated rings. The summed E-state index contributed by atoms with van der Waals surface area (Å²) in [6, 6.07) is 7.86. The number of rotatable bonds is 5. The molecule has 6 heteroatoms. The van der Waals surface area contributed by atoms with Gasteiger partial charge in [-0.25, -0.2) is 4.39 Å². The Kier molecular flexibility index (Phi) is 5.67. The lowest BCUT2D eigenvalue weighted by molar-refractivity contribution is -0.125. The molecule has 28 heavy (non-hydrogen) atoms. The molecule has 0 saturated carbocycles. The Morgan fingerprint density at radius 3 is 2.71 bits per heavy atom. The zero-order valence-electron chi connectivity index (χ0n) is 15.9. The van der Waals surface area contributed by atoms with Gasteiger partial charge in [-0.05, 0) is 68.4 Å². The lowest BCUT2D eigenvalue weighted by atomic mass is 9.78. The van der Waals surface area contributed by atoms with E-state index in [0.29, 0.717) is 36.9 Å². The van der Waals surface area contributed by atoms with Gasteiger partial charge in [-0.1, -0.05) is 0 Å². The molecule has 2 aromatic rings. The van der Waals surface area contributed by atoms with Crippen LogP contribution in [0.15, 0.2) is 47.3 Å². The molecule has 150 valence electrons. The van der Waals surface area contributed by atoms with Crippen LogP contribution < -0.4 is 4.74 Å². The molecule has 1 aromatic heterocycles. The second kappa shape index (κ2) is 8.35. The summed E-state index contributed by atoms with van der Waals surface area (Å²) in [6.45, 7) is 2.81. The maximum atomic E-state index is 13.0. The zero-order valence-corrected chi connectivity index (χ0v) is 15.9. The van der Waals surface area contributed by atoms with Crippen molar-refractivity contribution in [3.63, 3.8) is 0 Å². The summed E-state index contributed by atoms with van der Waals surface area (Å²) in [5.74, 6) is 1.03. The number of nitrogens with zero attached hydrogens (tertiary/aromatic N) is 1. The van der Waals surface area contributed by atoms with E-state index in [1.54, 1.807) is 18.2 Å². The molecule has 1 aromatic carbocycles. The minimum absolute atomic E-state index is 0.0312. The molecular formula is C22H26FNO4. The highest BCUT2D eigenvalue weighted by atomic mass is 19.1. The summed E-state index contributed by atoms with van der Waals surface area (Å²) >= 11 is 0.